The summed E-state index contributed by atoms with van der Waals surface area (Å²) in [5.41, 5.74) is 3.38. The number of nitrogens with zero attached hydrogens (tertiary/aromatic N) is 2. The molecule has 3 aromatic carbocycles. The number of ether oxygens (including phenoxy) is 4. The van der Waals surface area contributed by atoms with Crippen molar-refractivity contribution in [3.8, 4) is 11.5 Å². The summed E-state index contributed by atoms with van der Waals surface area (Å²) in [5.74, 6) is -1.26. The Morgan fingerprint density at radius 3 is 2.32 bits per heavy atom. The van der Waals surface area contributed by atoms with Crippen LogP contribution in [0, 0.1) is 17.8 Å². The van der Waals surface area contributed by atoms with Crippen molar-refractivity contribution >= 4 is 28.7 Å². The molecule has 66 heavy (non-hydrogen) atoms. The van der Waals surface area contributed by atoms with Crippen LogP contribution in [0.3, 0.4) is 0 Å². The standard InChI is InChI=1S/C54H75N3O9/c1-5-7-8-9-10-11-12-13-14-19-31-55-52(60)65-42-29-30-48-46(36-42)50-44(28-18-21-33-59)40(24-17-20-32-58)35-45-47(56-63-4)37-49(54(66-48,51(45)50)64-34-6-2)57(53(61)62-3)38-41-26-22-25-39-23-15-16-27-43(39)41/h6,15-16,22-23,25-27,29-30,35-36,40,44,49-51,58-59H,2,5,7-14,17-21,24,28,31-34,37-38H2,1,3-4H3,(H,55,60). The predicted octanol–water partition coefficient (Wildman–Crippen LogP) is 11.4. The number of carbonyl (C=O) groups excluding carboxylic acids is 2. The maximum atomic E-state index is 14.4. The third-order valence-electron chi connectivity index (χ3n) is 13.9. The van der Waals surface area contributed by atoms with E-state index in [9.17, 15) is 19.8 Å². The fraction of sp³-hybridized carbons (Fsp3) is 0.574. The number of aliphatic hydroxyl groups is 2. The number of carbonyl (C=O) groups is 2. The quantitative estimate of drug-likeness (QED) is 0.0386. The van der Waals surface area contributed by atoms with Crippen LogP contribution in [0.25, 0.3) is 10.8 Å². The third-order valence-corrected chi connectivity index (χ3v) is 13.9. The third kappa shape index (κ3) is 12.3. The normalized spacial score (nSPS) is 22.4. The van der Waals surface area contributed by atoms with E-state index in [2.05, 4.69) is 48.3 Å². The highest BCUT2D eigenvalue weighted by atomic mass is 16.7. The van der Waals surface area contributed by atoms with Crippen LogP contribution < -0.4 is 14.8 Å². The lowest BCUT2D eigenvalue weighted by Gasteiger charge is -2.59. The molecule has 1 fully saturated rings. The van der Waals surface area contributed by atoms with Gasteiger partial charge in [-0.15, -0.1) is 6.58 Å². The Hall–Kier alpha value is -4.91. The zero-order valence-corrected chi connectivity index (χ0v) is 39.7. The molecule has 1 heterocycles. The van der Waals surface area contributed by atoms with Crippen LogP contribution in [0.1, 0.15) is 133 Å². The Kier molecular flexibility index (Phi) is 19.8. The predicted molar refractivity (Wildman–Crippen MR) is 260 cm³/mol. The zero-order chi connectivity index (χ0) is 46.7. The van der Waals surface area contributed by atoms with Gasteiger partial charge in [0.2, 0.25) is 5.79 Å². The van der Waals surface area contributed by atoms with E-state index in [1.807, 2.05) is 36.4 Å². The molecule has 0 aromatic heterocycles. The SMILES string of the molecule is C=CCOC12Oc3ccc(OC(=O)NCCCCCCCCCCCC)cc3C3C(CCCCO)C(CCCCO)C=C(C(=NOC)CC1N(Cc1cccc4ccccc14)C(=O)OC)C32. The maximum Gasteiger partial charge on any atom is 0.412 e. The van der Waals surface area contributed by atoms with Gasteiger partial charge in [0.1, 0.15) is 24.7 Å². The van der Waals surface area contributed by atoms with Crippen LogP contribution in [0.5, 0.6) is 11.5 Å². The van der Waals surface area contributed by atoms with Crippen LogP contribution in [0.2, 0.25) is 0 Å². The summed E-state index contributed by atoms with van der Waals surface area (Å²) in [5, 5.41) is 29.6. The monoisotopic (exact) mass is 910 g/mol. The number of unbranched alkanes of at least 4 members (excludes halogenated alkanes) is 11. The molecule has 0 bridgehead atoms. The molecule has 6 rings (SSSR count). The average molecular weight is 910 g/mol. The number of allylic oxidation sites excluding steroid dienone is 1. The lowest BCUT2D eigenvalue weighted by Crippen LogP contribution is -2.70. The highest BCUT2D eigenvalue weighted by molar-refractivity contribution is 6.03. The van der Waals surface area contributed by atoms with E-state index in [4.69, 9.17) is 23.8 Å². The number of benzene rings is 3. The van der Waals surface area contributed by atoms with E-state index in [1.165, 1.54) is 59.2 Å². The van der Waals surface area contributed by atoms with E-state index in [0.29, 0.717) is 36.6 Å². The van der Waals surface area contributed by atoms with Crippen molar-refractivity contribution in [3.63, 3.8) is 0 Å². The lowest BCUT2D eigenvalue weighted by atomic mass is 9.55. The summed E-state index contributed by atoms with van der Waals surface area (Å²) in [7, 11) is 2.92. The molecule has 3 aromatic rings. The molecular weight excluding hydrogens is 835 g/mol. The van der Waals surface area contributed by atoms with Gasteiger partial charge in [-0.25, -0.2) is 9.59 Å². The maximum absolute atomic E-state index is 14.4. The Morgan fingerprint density at radius 2 is 1.61 bits per heavy atom. The van der Waals surface area contributed by atoms with Crippen molar-refractivity contribution in [1.29, 1.82) is 0 Å². The largest absolute Gasteiger partial charge is 0.459 e. The molecule has 1 saturated carbocycles. The van der Waals surface area contributed by atoms with Crippen LogP contribution in [-0.2, 0) is 20.9 Å². The molecule has 2 amide bonds. The number of oxime groups is 1. The summed E-state index contributed by atoms with van der Waals surface area (Å²) in [6, 6.07) is 18.9. The first-order valence-electron chi connectivity index (χ1n) is 24.7. The van der Waals surface area contributed by atoms with Crippen molar-refractivity contribution in [3.05, 3.63) is 96.1 Å². The molecule has 1 aliphatic heterocycles. The minimum Gasteiger partial charge on any atom is -0.459 e. The second-order valence-electron chi connectivity index (χ2n) is 18.2. The van der Waals surface area contributed by atoms with Crippen LogP contribution in [0.15, 0.2) is 90.1 Å². The Bertz CT molecular complexity index is 2080. The lowest BCUT2D eigenvalue weighted by molar-refractivity contribution is -0.256. The Morgan fingerprint density at radius 1 is 0.894 bits per heavy atom. The van der Waals surface area contributed by atoms with Crippen molar-refractivity contribution in [1.82, 2.24) is 10.2 Å². The van der Waals surface area contributed by atoms with Gasteiger partial charge < -0.3 is 39.3 Å². The second kappa shape index (κ2) is 25.9. The van der Waals surface area contributed by atoms with E-state index >= 15 is 0 Å². The zero-order valence-electron chi connectivity index (χ0n) is 39.7. The summed E-state index contributed by atoms with van der Waals surface area (Å²) >= 11 is 0. The van der Waals surface area contributed by atoms with Crippen LogP contribution in [-0.4, -0.2) is 85.4 Å². The molecule has 2 aliphatic carbocycles. The van der Waals surface area contributed by atoms with Gasteiger partial charge in [-0.3, -0.25) is 4.90 Å². The van der Waals surface area contributed by atoms with Crippen LogP contribution >= 0.6 is 0 Å². The number of hydrogen-bond donors (Lipinski definition) is 3. The minimum absolute atomic E-state index is 0.00551. The molecule has 360 valence electrons. The van der Waals surface area contributed by atoms with E-state index in [0.717, 1.165) is 72.4 Å². The van der Waals surface area contributed by atoms with Gasteiger partial charge in [0, 0.05) is 37.7 Å². The highest BCUT2D eigenvalue weighted by Gasteiger charge is 2.65. The molecule has 3 N–H and O–H groups in total. The number of amides is 2. The first kappa shape index (κ1) is 50.5. The molecule has 12 heteroatoms. The number of hydrogen-bond acceptors (Lipinski definition) is 10. The van der Waals surface area contributed by atoms with Crippen LogP contribution in [0.4, 0.5) is 9.59 Å². The van der Waals surface area contributed by atoms with Gasteiger partial charge in [-0.05, 0) is 84.0 Å². The first-order valence-corrected chi connectivity index (χ1v) is 24.7. The Labute approximate surface area is 392 Å². The topological polar surface area (TPSA) is 148 Å². The van der Waals surface area contributed by atoms with Gasteiger partial charge in [0.15, 0.2) is 0 Å². The second-order valence-corrected chi connectivity index (χ2v) is 18.2. The number of nitrogens with one attached hydrogen (secondary N) is 1. The van der Waals surface area contributed by atoms with Gasteiger partial charge in [0.05, 0.1) is 31.9 Å². The van der Waals surface area contributed by atoms with Gasteiger partial charge in [-0.2, -0.15) is 0 Å². The molecule has 12 nitrogen and oxygen atoms in total. The van der Waals surface area contributed by atoms with Crippen molar-refractivity contribution < 1.29 is 43.6 Å². The first-order chi connectivity index (χ1) is 32.3. The smallest absolute Gasteiger partial charge is 0.412 e. The van der Waals surface area contributed by atoms with E-state index < -0.39 is 29.9 Å². The van der Waals surface area contributed by atoms with Gasteiger partial charge in [-0.1, -0.05) is 137 Å². The molecule has 0 radical (unpaired) electrons. The van der Waals surface area contributed by atoms with Crippen molar-refractivity contribution in [2.45, 2.75) is 140 Å². The van der Waals surface area contributed by atoms with E-state index in [1.54, 1.807) is 17.0 Å². The molecule has 0 saturated heterocycles. The summed E-state index contributed by atoms with van der Waals surface area (Å²) in [6.07, 6.45) is 19.8. The molecule has 0 spiro atoms. The highest BCUT2D eigenvalue weighted by Crippen LogP contribution is 2.62. The number of methoxy groups -OCH3 is 1. The fourth-order valence-electron chi connectivity index (χ4n) is 10.8. The fourth-order valence-corrected chi connectivity index (χ4v) is 10.8. The van der Waals surface area contributed by atoms with Crippen molar-refractivity contribution in [2.75, 3.05) is 40.6 Å². The number of aliphatic hydroxyl groups excluding tert-OH is 2. The number of rotatable bonds is 27. The number of fused-ring (bicyclic) bond motifs is 3. The van der Waals surface area contributed by atoms with Gasteiger partial charge >= 0.3 is 12.2 Å². The Balaban J connectivity index is 1.39. The average Bonchev–Trinajstić information content (AvgIpc) is 3.33. The van der Waals surface area contributed by atoms with E-state index in [-0.39, 0.29) is 50.5 Å². The molecule has 6 atom stereocenters. The van der Waals surface area contributed by atoms with Gasteiger partial charge in [0.25, 0.3) is 0 Å². The molecule has 6 unspecified atom stereocenters. The summed E-state index contributed by atoms with van der Waals surface area (Å²) in [4.78, 5) is 35.0. The summed E-state index contributed by atoms with van der Waals surface area (Å²) < 4.78 is 26.0. The molecular formula is C54H75N3O9. The minimum atomic E-state index is -1.47. The molecule has 3 aliphatic rings. The van der Waals surface area contributed by atoms with Crippen molar-refractivity contribution in [2.24, 2.45) is 22.9 Å². The summed E-state index contributed by atoms with van der Waals surface area (Å²) in [6.45, 7) is 7.29.